The maximum Gasteiger partial charge on any atom is 0.401 e. The molecule has 0 aliphatic carbocycles. The summed E-state index contributed by atoms with van der Waals surface area (Å²) in [5.74, 6) is -1.03. The Kier molecular flexibility index (Phi) is 4.72. The standard InChI is InChI=1S/C9H16F3N3O2/c10-9(11,12)6-14-1-3-15(4-2-14)7(5-13)8(16)17/h7H,1-6,13H2,(H,16,17). The highest BCUT2D eigenvalue weighted by atomic mass is 19.4. The predicted molar refractivity (Wildman–Crippen MR) is 54.5 cm³/mol. The van der Waals surface area contributed by atoms with Gasteiger partial charge in [-0.15, -0.1) is 0 Å². The van der Waals surface area contributed by atoms with Crippen molar-refractivity contribution in [3.05, 3.63) is 0 Å². The number of carboxylic acids is 1. The maximum absolute atomic E-state index is 12.1. The molecule has 100 valence electrons. The van der Waals surface area contributed by atoms with Crippen molar-refractivity contribution in [2.75, 3.05) is 39.3 Å². The van der Waals surface area contributed by atoms with Crippen molar-refractivity contribution >= 4 is 5.97 Å². The van der Waals surface area contributed by atoms with Gasteiger partial charge in [-0.05, 0) is 0 Å². The van der Waals surface area contributed by atoms with E-state index in [0.717, 1.165) is 0 Å². The summed E-state index contributed by atoms with van der Waals surface area (Å²) in [6.07, 6.45) is -4.21. The predicted octanol–water partition coefficient (Wildman–Crippen LogP) is -0.422. The van der Waals surface area contributed by atoms with E-state index in [1.165, 1.54) is 4.90 Å². The van der Waals surface area contributed by atoms with Gasteiger partial charge in [0.2, 0.25) is 0 Å². The van der Waals surface area contributed by atoms with Crippen LogP contribution in [0.2, 0.25) is 0 Å². The first-order valence-corrected chi connectivity index (χ1v) is 5.29. The number of hydrogen-bond donors (Lipinski definition) is 2. The van der Waals surface area contributed by atoms with Gasteiger partial charge in [-0.2, -0.15) is 13.2 Å². The quantitative estimate of drug-likeness (QED) is 0.714. The zero-order chi connectivity index (χ0) is 13.1. The second-order valence-electron chi connectivity index (χ2n) is 4.02. The lowest BCUT2D eigenvalue weighted by atomic mass is 10.2. The van der Waals surface area contributed by atoms with Crippen molar-refractivity contribution in [3.63, 3.8) is 0 Å². The number of nitrogens with zero attached hydrogens (tertiary/aromatic N) is 2. The minimum atomic E-state index is -4.21. The molecule has 5 nitrogen and oxygen atoms in total. The van der Waals surface area contributed by atoms with Crippen molar-refractivity contribution in [1.29, 1.82) is 0 Å². The van der Waals surface area contributed by atoms with Crippen LogP contribution in [-0.4, -0.2) is 72.4 Å². The fourth-order valence-electron chi connectivity index (χ4n) is 1.89. The summed E-state index contributed by atoms with van der Waals surface area (Å²) >= 11 is 0. The molecule has 1 unspecified atom stereocenters. The van der Waals surface area contributed by atoms with Crippen LogP contribution in [0.4, 0.5) is 13.2 Å². The van der Waals surface area contributed by atoms with E-state index in [1.54, 1.807) is 4.90 Å². The molecule has 1 atom stereocenters. The molecule has 0 aromatic carbocycles. The van der Waals surface area contributed by atoms with E-state index in [2.05, 4.69) is 0 Å². The average Bonchev–Trinajstić information content (AvgIpc) is 2.18. The third kappa shape index (κ3) is 4.49. The summed E-state index contributed by atoms with van der Waals surface area (Å²) in [7, 11) is 0. The van der Waals surface area contributed by atoms with Crippen LogP contribution in [0, 0.1) is 0 Å². The van der Waals surface area contributed by atoms with Gasteiger partial charge < -0.3 is 10.8 Å². The normalized spacial score (nSPS) is 21.4. The highest BCUT2D eigenvalue weighted by molar-refractivity contribution is 5.73. The number of carbonyl (C=O) groups is 1. The molecule has 3 N–H and O–H groups in total. The van der Waals surface area contributed by atoms with Crippen LogP contribution in [0.5, 0.6) is 0 Å². The summed E-state index contributed by atoms with van der Waals surface area (Å²) in [5.41, 5.74) is 5.32. The van der Waals surface area contributed by atoms with Crippen LogP contribution in [0.1, 0.15) is 0 Å². The number of alkyl halides is 3. The topological polar surface area (TPSA) is 69.8 Å². The number of hydrogen-bond acceptors (Lipinski definition) is 4. The Morgan fingerprint density at radius 2 is 1.82 bits per heavy atom. The zero-order valence-corrected chi connectivity index (χ0v) is 9.28. The number of nitrogens with two attached hydrogens (primary N) is 1. The third-order valence-electron chi connectivity index (χ3n) is 2.76. The molecule has 0 aromatic rings. The van der Waals surface area contributed by atoms with Crippen molar-refractivity contribution in [2.45, 2.75) is 12.2 Å². The first-order valence-electron chi connectivity index (χ1n) is 5.29. The molecule has 0 amide bonds. The maximum atomic E-state index is 12.1. The lowest BCUT2D eigenvalue weighted by Gasteiger charge is -2.37. The van der Waals surface area contributed by atoms with E-state index in [-0.39, 0.29) is 19.6 Å². The van der Waals surface area contributed by atoms with Crippen molar-refractivity contribution in [3.8, 4) is 0 Å². The minimum absolute atomic E-state index is 0.0331. The fraction of sp³-hybridized carbons (Fsp3) is 0.889. The van der Waals surface area contributed by atoms with Gasteiger partial charge >= 0.3 is 12.1 Å². The fourth-order valence-corrected chi connectivity index (χ4v) is 1.89. The number of halogens is 3. The molecule has 17 heavy (non-hydrogen) atoms. The Morgan fingerprint density at radius 3 is 2.18 bits per heavy atom. The second-order valence-corrected chi connectivity index (χ2v) is 4.02. The summed E-state index contributed by atoms with van der Waals surface area (Å²) in [6.45, 7) is 0.0386. The molecule has 8 heteroatoms. The molecular weight excluding hydrogens is 239 g/mol. The lowest BCUT2D eigenvalue weighted by molar-refractivity contribution is -0.154. The second kappa shape index (κ2) is 5.65. The van der Waals surface area contributed by atoms with Gasteiger partial charge in [-0.3, -0.25) is 14.6 Å². The van der Waals surface area contributed by atoms with E-state index in [1.807, 2.05) is 0 Å². The van der Waals surface area contributed by atoms with E-state index in [4.69, 9.17) is 10.8 Å². The first-order chi connectivity index (χ1) is 7.83. The van der Waals surface area contributed by atoms with Gasteiger partial charge in [0, 0.05) is 32.7 Å². The summed E-state index contributed by atoms with van der Waals surface area (Å²) in [5, 5.41) is 8.86. The molecule has 1 heterocycles. The number of piperazine rings is 1. The highest BCUT2D eigenvalue weighted by Crippen LogP contribution is 2.17. The summed E-state index contributed by atoms with van der Waals surface area (Å²) < 4.78 is 36.4. The van der Waals surface area contributed by atoms with Crippen molar-refractivity contribution in [2.24, 2.45) is 5.73 Å². The van der Waals surface area contributed by atoms with Crippen LogP contribution in [0.25, 0.3) is 0 Å². The van der Waals surface area contributed by atoms with E-state index >= 15 is 0 Å². The van der Waals surface area contributed by atoms with Gasteiger partial charge in [-0.1, -0.05) is 0 Å². The third-order valence-corrected chi connectivity index (χ3v) is 2.76. The van der Waals surface area contributed by atoms with Gasteiger partial charge in [-0.25, -0.2) is 0 Å². The number of carboxylic acid groups (broad SMARTS) is 1. The van der Waals surface area contributed by atoms with Crippen molar-refractivity contribution < 1.29 is 23.1 Å². The minimum Gasteiger partial charge on any atom is -0.480 e. The summed E-state index contributed by atoms with van der Waals surface area (Å²) in [4.78, 5) is 13.7. The van der Waals surface area contributed by atoms with Gasteiger partial charge in [0.25, 0.3) is 0 Å². The summed E-state index contributed by atoms with van der Waals surface area (Å²) in [6, 6.07) is -0.803. The van der Waals surface area contributed by atoms with E-state index in [0.29, 0.717) is 13.1 Å². The smallest absolute Gasteiger partial charge is 0.401 e. The molecule has 1 fully saturated rings. The highest BCUT2D eigenvalue weighted by Gasteiger charge is 2.34. The molecule has 1 aliphatic heterocycles. The van der Waals surface area contributed by atoms with Gasteiger partial charge in [0.15, 0.2) is 0 Å². The van der Waals surface area contributed by atoms with Crippen LogP contribution < -0.4 is 5.73 Å². The largest absolute Gasteiger partial charge is 0.480 e. The molecule has 0 bridgehead atoms. The van der Waals surface area contributed by atoms with E-state index < -0.39 is 24.7 Å². The zero-order valence-electron chi connectivity index (χ0n) is 9.28. The molecule has 0 spiro atoms. The molecule has 1 saturated heterocycles. The Hall–Kier alpha value is -0.860. The van der Waals surface area contributed by atoms with Crippen LogP contribution in [-0.2, 0) is 4.79 Å². The Balaban J connectivity index is 2.42. The Morgan fingerprint density at radius 1 is 1.29 bits per heavy atom. The van der Waals surface area contributed by atoms with Crippen molar-refractivity contribution in [1.82, 2.24) is 9.80 Å². The number of aliphatic carboxylic acids is 1. The van der Waals surface area contributed by atoms with Gasteiger partial charge in [0.1, 0.15) is 6.04 Å². The van der Waals surface area contributed by atoms with Crippen LogP contribution >= 0.6 is 0 Å². The van der Waals surface area contributed by atoms with Crippen LogP contribution in [0.3, 0.4) is 0 Å². The first kappa shape index (κ1) is 14.2. The molecule has 0 radical (unpaired) electrons. The number of rotatable bonds is 4. The molecule has 1 aliphatic rings. The van der Waals surface area contributed by atoms with Crippen LogP contribution in [0.15, 0.2) is 0 Å². The van der Waals surface area contributed by atoms with E-state index in [9.17, 15) is 18.0 Å². The Labute approximate surface area is 97.0 Å². The lowest BCUT2D eigenvalue weighted by Crippen LogP contribution is -2.56. The van der Waals surface area contributed by atoms with Gasteiger partial charge in [0.05, 0.1) is 6.54 Å². The molecule has 0 aromatic heterocycles. The molecular formula is C9H16F3N3O2. The Bertz CT molecular complexity index is 265. The molecule has 0 saturated carbocycles. The SMILES string of the molecule is NCC(C(=O)O)N1CCN(CC(F)(F)F)CC1. The monoisotopic (exact) mass is 255 g/mol. The molecule has 1 rings (SSSR count). The average molecular weight is 255 g/mol.